The van der Waals surface area contributed by atoms with Gasteiger partial charge in [0.15, 0.2) is 0 Å². The van der Waals surface area contributed by atoms with Gasteiger partial charge in [-0.1, -0.05) is 0 Å². The van der Waals surface area contributed by atoms with Crippen molar-refractivity contribution in [3.05, 3.63) is 0 Å². The van der Waals surface area contributed by atoms with Crippen molar-refractivity contribution in [3.63, 3.8) is 0 Å². The third kappa shape index (κ3) is 4.29. The molecule has 0 aliphatic carbocycles. The Morgan fingerprint density at radius 2 is 2.40 bits per heavy atom. The number of hydrogen-bond acceptors (Lipinski definition) is 3. The highest BCUT2D eigenvalue weighted by molar-refractivity contribution is 5.78. The fourth-order valence-corrected chi connectivity index (χ4v) is 1.72. The van der Waals surface area contributed by atoms with Gasteiger partial charge in [0, 0.05) is 25.6 Å². The van der Waals surface area contributed by atoms with Crippen LogP contribution in [-0.2, 0) is 9.59 Å². The van der Waals surface area contributed by atoms with Gasteiger partial charge in [-0.15, -0.1) is 0 Å². The zero-order valence-corrected chi connectivity index (χ0v) is 9.03. The van der Waals surface area contributed by atoms with E-state index >= 15 is 0 Å². The molecule has 0 saturated carbocycles. The molecule has 0 aromatic carbocycles. The summed E-state index contributed by atoms with van der Waals surface area (Å²) in [5.41, 5.74) is 0. The Morgan fingerprint density at radius 3 is 3.07 bits per heavy atom. The molecule has 0 spiro atoms. The van der Waals surface area contributed by atoms with Crippen LogP contribution < -0.4 is 5.32 Å². The van der Waals surface area contributed by atoms with Crippen molar-refractivity contribution in [3.8, 4) is 0 Å². The van der Waals surface area contributed by atoms with E-state index in [9.17, 15) is 9.59 Å². The smallest absolute Gasteiger partial charge is 0.303 e. The minimum Gasteiger partial charge on any atom is -0.481 e. The quantitative estimate of drug-likeness (QED) is 0.694. The lowest BCUT2D eigenvalue weighted by molar-refractivity contribution is -0.137. The van der Waals surface area contributed by atoms with Crippen LogP contribution in [0.4, 0.5) is 0 Å². The van der Waals surface area contributed by atoms with Crippen LogP contribution in [0.15, 0.2) is 0 Å². The first-order valence-electron chi connectivity index (χ1n) is 5.32. The van der Waals surface area contributed by atoms with E-state index in [1.807, 2.05) is 11.8 Å². The molecule has 1 unspecified atom stereocenters. The summed E-state index contributed by atoms with van der Waals surface area (Å²) in [6.45, 7) is 3.95. The fraction of sp³-hybridized carbons (Fsp3) is 0.800. The molecule has 1 heterocycles. The van der Waals surface area contributed by atoms with Crippen LogP contribution in [0.1, 0.15) is 26.2 Å². The summed E-state index contributed by atoms with van der Waals surface area (Å²) in [6, 6.07) is 0.157. The van der Waals surface area contributed by atoms with E-state index in [-0.39, 0.29) is 18.4 Å². The number of rotatable bonds is 4. The van der Waals surface area contributed by atoms with Gasteiger partial charge in [-0.05, 0) is 19.8 Å². The monoisotopic (exact) mass is 214 g/mol. The normalized spacial score (nSPS) is 20.5. The number of amides is 1. The van der Waals surface area contributed by atoms with Gasteiger partial charge < -0.3 is 10.4 Å². The summed E-state index contributed by atoms with van der Waals surface area (Å²) in [7, 11) is 0. The minimum absolute atomic E-state index is 0.0367. The molecular weight excluding hydrogens is 196 g/mol. The van der Waals surface area contributed by atoms with Crippen molar-refractivity contribution in [2.45, 2.75) is 32.2 Å². The van der Waals surface area contributed by atoms with Gasteiger partial charge in [-0.25, -0.2) is 0 Å². The van der Waals surface area contributed by atoms with Gasteiger partial charge in [-0.2, -0.15) is 0 Å². The summed E-state index contributed by atoms with van der Waals surface area (Å²) in [5.74, 6) is -0.740. The van der Waals surface area contributed by atoms with Crippen molar-refractivity contribution >= 4 is 11.9 Å². The Balaban J connectivity index is 2.39. The lowest BCUT2D eigenvalue weighted by atomic mass is 10.1. The van der Waals surface area contributed by atoms with Crippen molar-refractivity contribution in [1.82, 2.24) is 10.2 Å². The Morgan fingerprint density at radius 1 is 1.67 bits per heavy atom. The van der Waals surface area contributed by atoms with Gasteiger partial charge in [0.1, 0.15) is 0 Å². The zero-order valence-electron chi connectivity index (χ0n) is 9.03. The Labute approximate surface area is 89.4 Å². The summed E-state index contributed by atoms with van der Waals surface area (Å²) in [6.07, 6.45) is 1.70. The van der Waals surface area contributed by atoms with Gasteiger partial charge >= 0.3 is 5.97 Å². The van der Waals surface area contributed by atoms with Crippen molar-refractivity contribution in [2.24, 2.45) is 0 Å². The van der Waals surface area contributed by atoms with Crippen molar-refractivity contribution in [1.29, 1.82) is 0 Å². The molecule has 86 valence electrons. The van der Waals surface area contributed by atoms with Gasteiger partial charge in [-0.3, -0.25) is 14.5 Å². The summed E-state index contributed by atoms with van der Waals surface area (Å²) in [4.78, 5) is 23.7. The SMILES string of the molecule is CC(CCC(=O)O)N1CCCNC(=O)C1. The fourth-order valence-electron chi connectivity index (χ4n) is 1.72. The standard InChI is InChI=1S/C10H18N2O3/c1-8(3-4-10(14)15)12-6-2-5-11-9(13)7-12/h8H,2-7H2,1H3,(H,11,13)(H,14,15). The molecular formula is C10H18N2O3. The van der Waals surface area contributed by atoms with Gasteiger partial charge in [0.05, 0.1) is 6.54 Å². The third-order valence-corrected chi connectivity index (χ3v) is 2.69. The minimum atomic E-state index is -0.777. The van der Waals surface area contributed by atoms with Crippen LogP contribution in [0.5, 0.6) is 0 Å². The van der Waals surface area contributed by atoms with E-state index in [2.05, 4.69) is 5.32 Å². The largest absolute Gasteiger partial charge is 0.481 e. The zero-order chi connectivity index (χ0) is 11.3. The average molecular weight is 214 g/mol. The van der Waals surface area contributed by atoms with Gasteiger partial charge in [0.2, 0.25) is 5.91 Å². The van der Waals surface area contributed by atoms with Crippen molar-refractivity contribution < 1.29 is 14.7 Å². The maximum Gasteiger partial charge on any atom is 0.303 e. The topological polar surface area (TPSA) is 69.6 Å². The molecule has 5 nitrogen and oxygen atoms in total. The second-order valence-electron chi connectivity index (χ2n) is 3.96. The molecule has 0 aromatic rings. The first-order chi connectivity index (χ1) is 7.09. The molecule has 2 N–H and O–H groups in total. The molecule has 1 saturated heterocycles. The highest BCUT2D eigenvalue weighted by Gasteiger charge is 2.19. The molecule has 0 aromatic heterocycles. The molecule has 0 radical (unpaired) electrons. The lowest BCUT2D eigenvalue weighted by Crippen LogP contribution is -2.39. The molecule has 1 atom stereocenters. The second kappa shape index (κ2) is 5.70. The first-order valence-corrected chi connectivity index (χ1v) is 5.32. The van der Waals surface area contributed by atoms with Crippen LogP contribution in [0.3, 0.4) is 0 Å². The molecule has 1 aliphatic heterocycles. The first kappa shape index (κ1) is 12.0. The van der Waals surface area contributed by atoms with Crippen LogP contribution in [-0.4, -0.2) is 47.6 Å². The highest BCUT2D eigenvalue weighted by Crippen LogP contribution is 2.08. The average Bonchev–Trinajstić information content (AvgIpc) is 2.39. The molecule has 15 heavy (non-hydrogen) atoms. The number of hydrogen-bond donors (Lipinski definition) is 2. The Kier molecular flexibility index (Phi) is 4.55. The van der Waals surface area contributed by atoms with Crippen LogP contribution in [0.2, 0.25) is 0 Å². The van der Waals surface area contributed by atoms with Crippen LogP contribution >= 0.6 is 0 Å². The van der Waals surface area contributed by atoms with E-state index in [0.717, 1.165) is 19.5 Å². The van der Waals surface area contributed by atoms with Crippen LogP contribution in [0.25, 0.3) is 0 Å². The Hall–Kier alpha value is -1.10. The molecule has 1 amide bonds. The van der Waals surface area contributed by atoms with E-state index in [4.69, 9.17) is 5.11 Å². The predicted molar refractivity (Wildman–Crippen MR) is 55.5 cm³/mol. The molecule has 1 rings (SSSR count). The second-order valence-corrected chi connectivity index (χ2v) is 3.96. The number of nitrogens with one attached hydrogen (secondary N) is 1. The number of carboxylic acid groups (broad SMARTS) is 1. The molecule has 1 fully saturated rings. The summed E-state index contributed by atoms with van der Waals surface area (Å²) in [5, 5.41) is 11.4. The van der Waals surface area contributed by atoms with E-state index in [1.54, 1.807) is 0 Å². The van der Waals surface area contributed by atoms with Gasteiger partial charge in [0.25, 0.3) is 0 Å². The lowest BCUT2D eigenvalue weighted by Gasteiger charge is -2.25. The van der Waals surface area contributed by atoms with E-state index in [1.165, 1.54) is 0 Å². The number of aliphatic carboxylic acids is 1. The number of carboxylic acids is 1. The number of carbonyl (C=O) groups excluding carboxylic acids is 1. The molecule has 5 heteroatoms. The number of nitrogens with zero attached hydrogens (tertiary/aromatic N) is 1. The Bertz CT molecular complexity index is 243. The predicted octanol–water partition coefficient (Wildman–Crippen LogP) is 0.0616. The van der Waals surface area contributed by atoms with Crippen LogP contribution in [0, 0.1) is 0 Å². The van der Waals surface area contributed by atoms with Crippen molar-refractivity contribution in [2.75, 3.05) is 19.6 Å². The maximum absolute atomic E-state index is 11.3. The summed E-state index contributed by atoms with van der Waals surface area (Å²) >= 11 is 0. The molecule has 1 aliphatic rings. The van der Waals surface area contributed by atoms with E-state index < -0.39 is 5.97 Å². The maximum atomic E-state index is 11.3. The summed E-state index contributed by atoms with van der Waals surface area (Å²) < 4.78 is 0. The number of carbonyl (C=O) groups is 2. The highest BCUT2D eigenvalue weighted by atomic mass is 16.4. The third-order valence-electron chi connectivity index (χ3n) is 2.69. The molecule has 0 bridgehead atoms. The van der Waals surface area contributed by atoms with E-state index in [0.29, 0.717) is 13.0 Å².